The van der Waals surface area contributed by atoms with Crippen molar-refractivity contribution in [3.05, 3.63) is 76.6 Å². The molecule has 2 aromatic carbocycles. The number of ketones is 1. The largest absolute Gasteiger partial charge is 0.343 e. The molecule has 0 saturated carbocycles. The second-order valence-electron chi connectivity index (χ2n) is 5.31. The normalized spacial score (nSPS) is 10.3. The van der Waals surface area contributed by atoms with Crippen LogP contribution in [-0.4, -0.2) is 20.7 Å². The van der Waals surface area contributed by atoms with Gasteiger partial charge in [-0.1, -0.05) is 30.0 Å². The summed E-state index contributed by atoms with van der Waals surface area (Å²) in [6, 6.07) is 15.9. The first kappa shape index (κ1) is 17.6. The Labute approximate surface area is 153 Å². The Bertz CT molecular complexity index is 946. The molecular weight excluding hydrogens is 352 g/mol. The van der Waals surface area contributed by atoms with Gasteiger partial charge in [-0.15, -0.1) is 0 Å². The van der Waals surface area contributed by atoms with Gasteiger partial charge in [0.05, 0.1) is 4.92 Å². The van der Waals surface area contributed by atoms with E-state index >= 15 is 0 Å². The van der Waals surface area contributed by atoms with Gasteiger partial charge in [0.2, 0.25) is 5.82 Å². The highest BCUT2D eigenvalue weighted by atomic mass is 32.2. The molecule has 0 spiro atoms. The van der Waals surface area contributed by atoms with Gasteiger partial charge in [0.15, 0.2) is 10.8 Å². The predicted molar refractivity (Wildman–Crippen MR) is 99.0 cm³/mol. The molecule has 0 amide bonds. The van der Waals surface area contributed by atoms with Crippen molar-refractivity contribution in [3.63, 3.8) is 0 Å². The predicted octanol–water partition coefficient (Wildman–Crippen LogP) is 4.48. The molecule has 0 aliphatic carbocycles. The Morgan fingerprint density at radius 2 is 1.77 bits per heavy atom. The number of carbonyl (C=O) groups is 1. The van der Waals surface area contributed by atoms with E-state index in [0.29, 0.717) is 11.3 Å². The highest BCUT2D eigenvalue weighted by Gasteiger charge is 2.23. The second kappa shape index (κ2) is 7.75. The second-order valence-corrected chi connectivity index (χ2v) is 6.37. The molecule has 0 aliphatic heterocycles. The van der Waals surface area contributed by atoms with Crippen LogP contribution in [-0.2, 0) is 0 Å². The molecule has 0 fully saturated rings. The average Bonchev–Trinajstić information content (AvgIpc) is 2.63. The van der Waals surface area contributed by atoms with Crippen LogP contribution < -0.4 is 5.32 Å². The quantitative estimate of drug-likeness (QED) is 0.297. The number of aromatic nitrogens is 2. The van der Waals surface area contributed by atoms with Crippen LogP contribution in [0.1, 0.15) is 17.3 Å². The lowest BCUT2D eigenvalue weighted by molar-refractivity contribution is -0.387. The molecule has 130 valence electrons. The molecule has 7 nitrogen and oxygen atoms in total. The van der Waals surface area contributed by atoms with Crippen molar-refractivity contribution in [2.24, 2.45) is 0 Å². The third kappa shape index (κ3) is 4.04. The maximum absolute atomic E-state index is 11.6. The lowest BCUT2D eigenvalue weighted by Gasteiger charge is -2.09. The summed E-state index contributed by atoms with van der Waals surface area (Å²) in [4.78, 5) is 31.3. The fourth-order valence-electron chi connectivity index (χ4n) is 2.22. The number of Topliss-reactive ketones (excluding diaryl/α,β-unsaturated/α-hetero) is 1. The number of nitrogens with one attached hydrogen (secondary N) is 1. The summed E-state index contributed by atoms with van der Waals surface area (Å²) in [6.07, 6.45) is 1.28. The van der Waals surface area contributed by atoms with Crippen LogP contribution in [0.5, 0.6) is 0 Å². The topological polar surface area (TPSA) is 98.0 Å². The summed E-state index contributed by atoms with van der Waals surface area (Å²) in [5, 5.41) is 14.8. The van der Waals surface area contributed by atoms with Gasteiger partial charge in [-0.3, -0.25) is 14.9 Å². The van der Waals surface area contributed by atoms with Crippen LogP contribution in [0.25, 0.3) is 0 Å². The minimum atomic E-state index is -0.502. The Kier molecular flexibility index (Phi) is 5.23. The Morgan fingerprint density at radius 1 is 1.08 bits per heavy atom. The molecule has 26 heavy (non-hydrogen) atoms. The SMILES string of the molecule is CC(=O)c1ccc(Nc2ncnc(Sc3ccccc3)c2[N+](=O)[O-])cc1. The van der Waals surface area contributed by atoms with Crippen molar-refractivity contribution in [1.29, 1.82) is 0 Å². The van der Waals surface area contributed by atoms with Crippen molar-refractivity contribution in [3.8, 4) is 0 Å². The summed E-state index contributed by atoms with van der Waals surface area (Å²) in [6.45, 7) is 1.48. The van der Waals surface area contributed by atoms with Gasteiger partial charge in [-0.25, -0.2) is 9.97 Å². The van der Waals surface area contributed by atoms with Gasteiger partial charge in [-0.2, -0.15) is 0 Å². The first-order valence-electron chi connectivity index (χ1n) is 7.65. The zero-order valence-corrected chi connectivity index (χ0v) is 14.6. The first-order chi connectivity index (χ1) is 12.5. The van der Waals surface area contributed by atoms with Gasteiger partial charge in [-0.05, 0) is 43.3 Å². The van der Waals surface area contributed by atoms with Crippen molar-refractivity contribution < 1.29 is 9.72 Å². The van der Waals surface area contributed by atoms with E-state index in [9.17, 15) is 14.9 Å². The van der Waals surface area contributed by atoms with E-state index in [1.54, 1.807) is 24.3 Å². The van der Waals surface area contributed by atoms with Crippen LogP contribution in [0.4, 0.5) is 17.2 Å². The molecule has 1 heterocycles. The zero-order chi connectivity index (χ0) is 18.5. The molecule has 0 aliphatic rings. The summed E-state index contributed by atoms with van der Waals surface area (Å²) in [5.74, 6) is 0.0464. The van der Waals surface area contributed by atoms with Crippen LogP contribution in [0.2, 0.25) is 0 Å². The van der Waals surface area contributed by atoms with Gasteiger partial charge in [0, 0.05) is 16.1 Å². The standard InChI is InChI=1S/C18H14N4O3S/c1-12(23)13-7-9-14(10-8-13)21-17-16(22(24)25)18(20-11-19-17)26-15-5-3-2-4-6-15/h2-11H,1H3,(H,19,20,21). The number of rotatable bonds is 6. The van der Waals surface area contributed by atoms with Gasteiger partial charge in [0.1, 0.15) is 6.33 Å². The summed E-state index contributed by atoms with van der Waals surface area (Å²) in [5.41, 5.74) is 0.956. The Balaban J connectivity index is 1.92. The highest BCUT2D eigenvalue weighted by molar-refractivity contribution is 7.99. The minimum Gasteiger partial charge on any atom is -0.334 e. The van der Waals surface area contributed by atoms with E-state index in [0.717, 1.165) is 4.90 Å². The van der Waals surface area contributed by atoms with E-state index in [1.807, 2.05) is 30.3 Å². The number of nitro groups is 1. The molecule has 0 radical (unpaired) electrons. The lowest BCUT2D eigenvalue weighted by atomic mass is 10.1. The maximum atomic E-state index is 11.6. The number of hydrogen-bond donors (Lipinski definition) is 1. The molecule has 1 aromatic heterocycles. The maximum Gasteiger partial charge on any atom is 0.343 e. The van der Waals surface area contributed by atoms with Gasteiger partial charge < -0.3 is 5.32 Å². The van der Waals surface area contributed by atoms with Gasteiger partial charge >= 0.3 is 5.69 Å². The summed E-state index contributed by atoms with van der Waals surface area (Å²) in [7, 11) is 0. The summed E-state index contributed by atoms with van der Waals surface area (Å²) >= 11 is 1.20. The van der Waals surface area contributed by atoms with Crippen LogP contribution in [0.3, 0.4) is 0 Å². The monoisotopic (exact) mass is 366 g/mol. The van der Waals surface area contributed by atoms with E-state index in [2.05, 4.69) is 15.3 Å². The molecule has 8 heteroatoms. The third-order valence-electron chi connectivity index (χ3n) is 3.48. The smallest absolute Gasteiger partial charge is 0.334 e. The van der Waals surface area contributed by atoms with Crippen molar-refractivity contribution in [1.82, 2.24) is 9.97 Å². The van der Waals surface area contributed by atoms with E-state index in [4.69, 9.17) is 0 Å². The molecule has 0 saturated heterocycles. The number of nitrogens with zero attached hydrogens (tertiary/aromatic N) is 3. The molecule has 3 aromatic rings. The van der Waals surface area contributed by atoms with Crippen LogP contribution in [0, 0.1) is 10.1 Å². The Hall–Kier alpha value is -3.26. The molecule has 1 N–H and O–H groups in total. The van der Waals surface area contributed by atoms with E-state index in [-0.39, 0.29) is 22.3 Å². The van der Waals surface area contributed by atoms with Crippen molar-refractivity contribution in [2.75, 3.05) is 5.32 Å². The highest BCUT2D eigenvalue weighted by Crippen LogP contribution is 2.37. The molecule has 0 atom stereocenters. The Morgan fingerprint density at radius 3 is 2.38 bits per heavy atom. The first-order valence-corrected chi connectivity index (χ1v) is 8.46. The zero-order valence-electron chi connectivity index (χ0n) is 13.7. The van der Waals surface area contributed by atoms with Crippen molar-refractivity contribution in [2.45, 2.75) is 16.8 Å². The molecule has 0 bridgehead atoms. The number of benzene rings is 2. The van der Waals surface area contributed by atoms with E-state index < -0.39 is 4.92 Å². The third-order valence-corrected chi connectivity index (χ3v) is 4.48. The van der Waals surface area contributed by atoms with Crippen LogP contribution in [0.15, 0.2) is 70.8 Å². The fraction of sp³-hybridized carbons (Fsp3) is 0.0556. The fourth-order valence-corrected chi connectivity index (χ4v) is 3.10. The average molecular weight is 366 g/mol. The molecule has 0 unspecified atom stereocenters. The number of hydrogen-bond acceptors (Lipinski definition) is 7. The summed E-state index contributed by atoms with van der Waals surface area (Å²) < 4.78 is 0. The minimum absolute atomic E-state index is 0.0499. The molecular formula is C18H14N4O3S. The van der Waals surface area contributed by atoms with Crippen LogP contribution >= 0.6 is 11.8 Å². The van der Waals surface area contributed by atoms with Gasteiger partial charge in [0.25, 0.3) is 0 Å². The van der Waals surface area contributed by atoms with E-state index in [1.165, 1.54) is 25.0 Å². The molecule has 3 rings (SSSR count). The lowest BCUT2D eigenvalue weighted by Crippen LogP contribution is -2.03. The number of carbonyl (C=O) groups excluding carboxylic acids is 1. The van der Waals surface area contributed by atoms with Crippen molar-refractivity contribution >= 4 is 34.7 Å². The number of anilines is 2.